The van der Waals surface area contributed by atoms with Crippen LogP contribution in [0.15, 0.2) is 17.0 Å². The van der Waals surface area contributed by atoms with E-state index in [2.05, 4.69) is 14.7 Å². The van der Waals surface area contributed by atoms with E-state index in [0.29, 0.717) is 37.0 Å². The number of rotatable bonds is 4. The average molecular weight is 474 g/mol. The van der Waals surface area contributed by atoms with Crippen molar-refractivity contribution in [2.75, 3.05) is 12.9 Å². The molecular weight excluding hydrogens is 458 g/mol. The third kappa shape index (κ3) is 7.62. The summed E-state index contributed by atoms with van der Waals surface area (Å²) in [6, 6.07) is 3.61. The number of thioether (sulfide) groups is 1. The quantitative estimate of drug-likeness (QED) is 0.231. The van der Waals surface area contributed by atoms with Crippen LogP contribution in [0, 0.1) is 18.4 Å². The number of H-pyrrole nitrogens is 1. The summed E-state index contributed by atoms with van der Waals surface area (Å²) in [5.41, 5.74) is 1.72. The van der Waals surface area contributed by atoms with Crippen molar-refractivity contribution in [1.82, 2.24) is 9.97 Å². The van der Waals surface area contributed by atoms with Gasteiger partial charge in [0.1, 0.15) is 10.3 Å². The zero-order chi connectivity index (χ0) is 19.9. The van der Waals surface area contributed by atoms with E-state index in [1.54, 1.807) is 6.07 Å². The summed E-state index contributed by atoms with van der Waals surface area (Å²) >= 11 is 29.5. The molecule has 1 N–H and O–H groups in total. The third-order valence-electron chi connectivity index (χ3n) is 2.87. The van der Waals surface area contributed by atoms with Crippen molar-refractivity contribution in [2.24, 2.45) is 0 Å². The number of nitrogens with zero attached hydrogens (tertiary/aromatic N) is 1. The van der Waals surface area contributed by atoms with Gasteiger partial charge in [-0.25, -0.2) is 4.98 Å². The molecule has 0 fully saturated rings. The molecule has 0 unspecified atom stereocenters. The lowest BCUT2D eigenvalue weighted by atomic mass is 10.4. The zero-order valence-electron chi connectivity index (χ0n) is 14.2. The summed E-state index contributed by atoms with van der Waals surface area (Å²) < 4.78 is 5.13. The molecule has 2 heterocycles. The van der Waals surface area contributed by atoms with Crippen LogP contribution < -0.4 is 0 Å². The number of carbonyl (C=O) groups is 1. The molecule has 0 spiro atoms. The lowest BCUT2D eigenvalue weighted by molar-refractivity contribution is -0.140. The van der Waals surface area contributed by atoms with Gasteiger partial charge < -0.3 is 9.72 Å². The predicted molar refractivity (Wildman–Crippen MR) is 113 cm³/mol. The Morgan fingerprint density at radius 2 is 1.88 bits per heavy atom. The minimum atomic E-state index is -0.236. The van der Waals surface area contributed by atoms with Gasteiger partial charge in [0, 0.05) is 22.0 Å². The van der Waals surface area contributed by atoms with Gasteiger partial charge in [0.05, 0.1) is 28.1 Å². The standard InChI is InChI=1S/C10H11Cl2NO2S.C6H5Cl2NS/c1-6-5-7(9(11)10(12)13-6)16-4-3-8(14)15-2;1-3-2-4(10)5(7)6(8)9-3/h5H,3-4H2,1-2H3;2H,1H3,(H,9,10). The molecule has 0 aliphatic heterocycles. The third-order valence-corrected chi connectivity index (χ3v) is 5.98. The average Bonchev–Trinajstić information content (AvgIpc) is 2.57. The number of nitrogens with one attached hydrogen (secondary N) is 1. The van der Waals surface area contributed by atoms with Crippen molar-refractivity contribution in [3.05, 3.63) is 48.4 Å². The fraction of sp³-hybridized carbons (Fsp3) is 0.312. The monoisotopic (exact) mass is 472 g/mol. The smallest absolute Gasteiger partial charge is 0.306 e. The second-order valence-corrected chi connectivity index (χ2v) is 8.05. The Bertz CT molecular complexity index is 844. The number of hydrogen-bond acceptors (Lipinski definition) is 5. The number of aryl methyl sites for hydroxylation is 2. The second kappa shape index (κ2) is 11.4. The molecule has 0 aromatic carbocycles. The molecule has 0 saturated carbocycles. The molecule has 0 aliphatic carbocycles. The Labute approximate surface area is 181 Å². The normalized spacial score (nSPS) is 10.1. The van der Waals surface area contributed by atoms with Gasteiger partial charge in [-0.1, -0.05) is 58.6 Å². The molecule has 0 aliphatic rings. The fourth-order valence-electron chi connectivity index (χ4n) is 1.67. The number of methoxy groups -OCH3 is 1. The van der Waals surface area contributed by atoms with Gasteiger partial charge in [0.25, 0.3) is 0 Å². The minimum Gasteiger partial charge on any atom is -0.469 e. The van der Waals surface area contributed by atoms with E-state index in [9.17, 15) is 4.79 Å². The molecule has 2 aromatic heterocycles. The Morgan fingerprint density at radius 3 is 2.46 bits per heavy atom. The molecule has 4 nitrogen and oxygen atoms in total. The molecule has 10 heteroatoms. The van der Waals surface area contributed by atoms with Gasteiger partial charge in [-0.3, -0.25) is 4.79 Å². The minimum absolute atomic E-state index is 0.236. The van der Waals surface area contributed by atoms with Crippen LogP contribution in [0.5, 0.6) is 0 Å². The van der Waals surface area contributed by atoms with Crippen LogP contribution in [0.25, 0.3) is 0 Å². The highest BCUT2D eigenvalue weighted by Gasteiger charge is 2.09. The van der Waals surface area contributed by atoms with Crippen molar-refractivity contribution in [1.29, 1.82) is 0 Å². The Kier molecular flexibility index (Phi) is 10.3. The lowest BCUT2D eigenvalue weighted by Gasteiger charge is -2.06. The number of pyridine rings is 2. The maximum atomic E-state index is 10.9. The first-order valence-electron chi connectivity index (χ1n) is 7.22. The number of halogens is 4. The van der Waals surface area contributed by atoms with Gasteiger partial charge in [0.2, 0.25) is 0 Å². The topological polar surface area (TPSA) is 55.0 Å². The van der Waals surface area contributed by atoms with Gasteiger partial charge in [0.15, 0.2) is 0 Å². The molecule has 0 radical (unpaired) electrons. The zero-order valence-corrected chi connectivity index (χ0v) is 18.8. The lowest BCUT2D eigenvalue weighted by Crippen LogP contribution is -2.01. The first-order valence-corrected chi connectivity index (χ1v) is 10.1. The van der Waals surface area contributed by atoms with Crippen molar-refractivity contribution < 1.29 is 9.53 Å². The summed E-state index contributed by atoms with van der Waals surface area (Å²) in [7, 11) is 1.37. The summed E-state index contributed by atoms with van der Waals surface area (Å²) in [5, 5.41) is 1.55. The van der Waals surface area contributed by atoms with Crippen LogP contribution in [0.3, 0.4) is 0 Å². The van der Waals surface area contributed by atoms with Crippen LogP contribution in [-0.4, -0.2) is 28.8 Å². The van der Waals surface area contributed by atoms with E-state index in [0.717, 1.165) is 16.3 Å². The highest BCUT2D eigenvalue weighted by Crippen LogP contribution is 2.32. The van der Waals surface area contributed by atoms with E-state index in [1.807, 2.05) is 19.9 Å². The molecule has 0 saturated heterocycles. The number of aromatic nitrogens is 2. The van der Waals surface area contributed by atoms with Crippen LogP contribution >= 0.6 is 70.4 Å². The molecule has 0 bridgehead atoms. The fourth-order valence-corrected chi connectivity index (χ4v) is 3.88. The Hall–Kier alpha value is -0.500. The Balaban J connectivity index is 0.000000289. The van der Waals surface area contributed by atoms with Crippen LogP contribution in [0.1, 0.15) is 17.8 Å². The second-order valence-electron chi connectivity index (χ2n) is 4.99. The number of aromatic amines is 1. The predicted octanol–water partition coefficient (Wildman–Crippen LogP) is 6.71. The highest BCUT2D eigenvalue weighted by atomic mass is 35.5. The SMILES string of the molecule is COC(=O)CCSc1cc(C)nc(Cl)c1Cl.Cc1cc(=S)c(Cl)c(Cl)[nH]1. The van der Waals surface area contributed by atoms with Gasteiger partial charge in [-0.15, -0.1) is 11.8 Å². The molecule has 26 heavy (non-hydrogen) atoms. The van der Waals surface area contributed by atoms with Crippen molar-refractivity contribution in [2.45, 2.75) is 25.2 Å². The Morgan fingerprint density at radius 1 is 1.23 bits per heavy atom. The van der Waals surface area contributed by atoms with E-state index >= 15 is 0 Å². The van der Waals surface area contributed by atoms with E-state index in [1.165, 1.54) is 18.9 Å². The number of ether oxygens (including phenoxy) is 1. The molecule has 2 rings (SSSR count). The van der Waals surface area contributed by atoms with Gasteiger partial charge >= 0.3 is 5.97 Å². The van der Waals surface area contributed by atoms with Crippen LogP contribution in [0.2, 0.25) is 20.4 Å². The van der Waals surface area contributed by atoms with E-state index in [-0.39, 0.29) is 5.97 Å². The van der Waals surface area contributed by atoms with Gasteiger partial charge in [-0.2, -0.15) is 0 Å². The van der Waals surface area contributed by atoms with Crippen LogP contribution in [0.4, 0.5) is 0 Å². The largest absolute Gasteiger partial charge is 0.469 e. The number of hydrogen-bond donors (Lipinski definition) is 1. The molecule has 142 valence electrons. The van der Waals surface area contributed by atoms with Crippen LogP contribution in [-0.2, 0) is 9.53 Å². The number of carbonyl (C=O) groups excluding carboxylic acids is 1. The summed E-state index contributed by atoms with van der Waals surface area (Å²) in [6.45, 7) is 3.71. The first-order chi connectivity index (χ1) is 12.1. The maximum absolute atomic E-state index is 10.9. The molecular formula is C16H16Cl4N2O2S2. The van der Waals surface area contributed by atoms with E-state index in [4.69, 9.17) is 58.6 Å². The highest BCUT2D eigenvalue weighted by molar-refractivity contribution is 7.99. The molecule has 0 amide bonds. The summed E-state index contributed by atoms with van der Waals surface area (Å²) in [4.78, 5) is 18.6. The van der Waals surface area contributed by atoms with Crippen molar-refractivity contribution in [3.63, 3.8) is 0 Å². The van der Waals surface area contributed by atoms with E-state index < -0.39 is 0 Å². The van der Waals surface area contributed by atoms with Crippen molar-refractivity contribution in [3.8, 4) is 0 Å². The summed E-state index contributed by atoms with van der Waals surface area (Å²) in [5.74, 6) is 0.368. The van der Waals surface area contributed by atoms with Crippen molar-refractivity contribution >= 4 is 76.4 Å². The maximum Gasteiger partial charge on any atom is 0.306 e. The van der Waals surface area contributed by atoms with Gasteiger partial charge in [-0.05, 0) is 26.0 Å². The summed E-state index contributed by atoms with van der Waals surface area (Å²) in [6.07, 6.45) is 0.344. The molecule has 2 aromatic rings. The number of esters is 1. The molecule has 0 atom stereocenters. The first kappa shape index (κ1) is 23.5.